The molecule has 1 aliphatic heterocycles. The number of allylic oxidation sites excluding steroid dienone is 1. The van der Waals surface area contributed by atoms with Gasteiger partial charge in [0.05, 0.1) is 25.8 Å². The van der Waals surface area contributed by atoms with E-state index < -0.39 is 12.1 Å². The van der Waals surface area contributed by atoms with Crippen molar-refractivity contribution in [2.75, 3.05) is 19.5 Å². The molecule has 2 aromatic carbocycles. The van der Waals surface area contributed by atoms with Gasteiger partial charge in [0.1, 0.15) is 0 Å². The first kappa shape index (κ1) is 19.6. The van der Waals surface area contributed by atoms with Crippen LogP contribution < -0.4 is 25.4 Å². The van der Waals surface area contributed by atoms with E-state index in [1.54, 1.807) is 49.4 Å². The Kier molecular flexibility index (Phi) is 5.75. The zero-order chi connectivity index (χ0) is 20.3. The standard InChI is InChI=1S/C20H20ClN3O4/c1-11-16(19(25)23-13-9-7-12(21)8-10-13)17(24-20(26)22-11)14-5-4-6-15(27-2)18(14)28-3/h4-10,17H,1-3H3,(H,23,25)(H2,22,24,26). The van der Waals surface area contributed by atoms with Crippen LogP contribution in [-0.2, 0) is 4.79 Å². The van der Waals surface area contributed by atoms with Crippen LogP contribution >= 0.6 is 11.6 Å². The van der Waals surface area contributed by atoms with Gasteiger partial charge in [-0.1, -0.05) is 23.7 Å². The molecule has 1 atom stereocenters. The van der Waals surface area contributed by atoms with Gasteiger partial charge >= 0.3 is 6.03 Å². The Morgan fingerprint density at radius 1 is 1.11 bits per heavy atom. The smallest absolute Gasteiger partial charge is 0.319 e. The SMILES string of the molecule is COc1cccc(C2NC(=O)NC(C)=C2C(=O)Nc2ccc(Cl)cc2)c1OC. The highest BCUT2D eigenvalue weighted by atomic mass is 35.5. The predicted octanol–water partition coefficient (Wildman–Crippen LogP) is 3.62. The fourth-order valence-corrected chi connectivity index (χ4v) is 3.23. The first-order chi connectivity index (χ1) is 13.4. The van der Waals surface area contributed by atoms with E-state index in [1.807, 2.05) is 0 Å². The van der Waals surface area contributed by atoms with E-state index in [-0.39, 0.29) is 5.91 Å². The molecule has 7 nitrogen and oxygen atoms in total. The second kappa shape index (κ2) is 8.22. The minimum Gasteiger partial charge on any atom is -0.493 e. The summed E-state index contributed by atoms with van der Waals surface area (Å²) in [6.07, 6.45) is 0. The van der Waals surface area contributed by atoms with Gasteiger partial charge in [-0.15, -0.1) is 0 Å². The van der Waals surface area contributed by atoms with Crippen molar-refractivity contribution in [2.45, 2.75) is 13.0 Å². The largest absolute Gasteiger partial charge is 0.493 e. The van der Waals surface area contributed by atoms with Gasteiger partial charge in [0.25, 0.3) is 5.91 Å². The lowest BCUT2D eigenvalue weighted by Gasteiger charge is -2.30. The molecule has 146 valence electrons. The van der Waals surface area contributed by atoms with Crippen molar-refractivity contribution in [3.05, 3.63) is 64.3 Å². The molecule has 8 heteroatoms. The zero-order valence-electron chi connectivity index (χ0n) is 15.6. The number of rotatable bonds is 5. The molecule has 0 radical (unpaired) electrons. The molecule has 3 amide bonds. The fourth-order valence-electron chi connectivity index (χ4n) is 3.10. The maximum absolute atomic E-state index is 13.0. The Labute approximate surface area is 167 Å². The molecular formula is C20H20ClN3O4. The highest BCUT2D eigenvalue weighted by molar-refractivity contribution is 6.30. The van der Waals surface area contributed by atoms with Gasteiger partial charge in [0.15, 0.2) is 11.5 Å². The summed E-state index contributed by atoms with van der Waals surface area (Å²) in [5.41, 5.74) is 2.01. The van der Waals surface area contributed by atoms with Crippen LogP contribution in [0.1, 0.15) is 18.5 Å². The Hall–Kier alpha value is -3.19. The Morgan fingerprint density at radius 3 is 2.46 bits per heavy atom. The molecule has 3 N–H and O–H groups in total. The number of hydrogen-bond donors (Lipinski definition) is 3. The first-order valence-corrected chi connectivity index (χ1v) is 8.88. The molecule has 0 bridgehead atoms. The number of amides is 3. The summed E-state index contributed by atoms with van der Waals surface area (Å²) in [5.74, 6) is 0.590. The van der Waals surface area contributed by atoms with Crippen LogP contribution in [0.15, 0.2) is 53.7 Å². The molecule has 1 heterocycles. The van der Waals surface area contributed by atoms with Gasteiger partial charge < -0.3 is 25.4 Å². The number of para-hydroxylation sites is 1. The lowest BCUT2D eigenvalue weighted by Crippen LogP contribution is -2.46. The molecule has 1 aliphatic rings. The molecular weight excluding hydrogens is 382 g/mol. The average molecular weight is 402 g/mol. The third-order valence-electron chi connectivity index (χ3n) is 4.36. The van der Waals surface area contributed by atoms with E-state index in [0.29, 0.717) is 39.0 Å². The van der Waals surface area contributed by atoms with E-state index in [0.717, 1.165) is 0 Å². The summed E-state index contributed by atoms with van der Waals surface area (Å²) in [7, 11) is 3.03. The van der Waals surface area contributed by atoms with Crippen molar-refractivity contribution < 1.29 is 19.1 Å². The third kappa shape index (κ3) is 3.89. The number of benzene rings is 2. The van der Waals surface area contributed by atoms with Gasteiger partial charge in [0.2, 0.25) is 0 Å². The Morgan fingerprint density at radius 2 is 1.82 bits per heavy atom. The highest BCUT2D eigenvalue weighted by Crippen LogP contribution is 2.39. The molecule has 28 heavy (non-hydrogen) atoms. The number of ether oxygens (including phenoxy) is 2. The van der Waals surface area contributed by atoms with Gasteiger partial charge in [0, 0.05) is 22.0 Å². The van der Waals surface area contributed by atoms with E-state index >= 15 is 0 Å². The second-order valence-electron chi connectivity index (χ2n) is 6.11. The quantitative estimate of drug-likeness (QED) is 0.713. The second-order valence-corrected chi connectivity index (χ2v) is 6.55. The number of carbonyl (C=O) groups is 2. The van der Waals surface area contributed by atoms with Crippen LogP contribution in [0.2, 0.25) is 5.02 Å². The fraction of sp³-hybridized carbons (Fsp3) is 0.200. The van der Waals surface area contributed by atoms with Crippen molar-refractivity contribution in [1.82, 2.24) is 10.6 Å². The van der Waals surface area contributed by atoms with Gasteiger partial charge in [-0.3, -0.25) is 4.79 Å². The van der Waals surface area contributed by atoms with Crippen LogP contribution in [0.3, 0.4) is 0 Å². The average Bonchev–Trinajstić information content (AvgIpc) is 2.68. The van der Waals surface area contributed by atoms with Crippen LogP contribution in [0, 0.1) is 0 Å². The normalized spacial score (nSPS) is 16.1. The Bertz CT molecular complexity index is 941. The molecule has 2 aromatic rings. The van der Waals surface area contributed by atoms with Crippen LogP contribution in [0.4, 0.5) is 10.5 Å². The minimum absolute atomic E-state index is 0.359. The predicted molar refractivity (Wildman–Crippen MR) is 107 cm³/mol. The summed E-state index contributed by atoms with van der Waals surface area (Å²) in [6, 6.07) is 10.9. The van der Waals surface area contributed by atoms with Crippen molar-refractivity contribution in [1.29, 1.82) is 0 Å². The highest BCUT2D eigenvalue weighted by Gasteiger charge is 2.33. The summed E-state index contributed by atoms with van der Waals surface area (Å²) in [4.78, 5) is 25.1. The molecule has 0 saturated carbocycles. The van der Waals surface area contributed by atoms with Crippen LogP contribution in [0.25, 0.3) is 0 Å². The van der Waals surface area contributed by atoms with Gasteiger partial charge in [-0.2, -0.15) is 0 Å². The topological polar surface area (TPSA) is 88.7 Å². The Balaban J connectivity index is 2.02. The molecule has 3 rings (SSSR count). The number of anilines is 1. The van der Waals surface area contributed by atoms with Crippen LogP contribution in [-0.4, -0.2) is 26.2 Å². The molecule has 0 saturated heterocycles. The van der Waals surface area contributed by atoms with Gasteiger partial charge in [-0.25, -0.2) is 4.79 Å². The van der Waals surface area contributed by atoms with Crippen molar-refractivity contribution >= 4 is 29.2 Å². The molecule has 0 spiro atoms. The van der Waals surface area contributed by atoms with E-state index in [2.05, 4.69) is 16.0 Å². The summed E-state index contributed by atoms with van der Waals surface area (Å²) in [5, 5.41) is 8.84. The van der Waals surface area contributed by atoms with E-state index in [4.69, 9.17) is 21.1 Å². The van der Waals surface area contributed by atoms with Gasteiger partial charge in [-0.05, 0) is 37.3 Å². The maximum atomic E-state index is 13.0. The molecule has 0 fully saturated rings. The summed E-state index contributed by atoms with van der Waals surface area (Å²) in [6.45, 7) is 1.68. The van der Waals surface area contributed by atoms with Crippen molar-refractivity contribution in [3.8, 4) is 11.5 Å². The molecule has 1 unspecified atom stereocenters. The minimum atomic E-state index is -0.717. The lowest BCUT2D eigenvalue weighted by molar-refractivity contribution is -0.113. The number of nitrogens with one attached hydrogen (secondary N) is 3. The third-order valence-corrected chi connectivity index (χ3v) is 4.61. The maximum Gasteiger partial charge on any atom is 0.319 e. The summed E-state index contributed by atoms with van der Waals surface area (Å²) >= 11 is 5.90. The van der Waals surface area contributed by atoms with E-state index in [9.17, 15) is 9.59 Å². The molecule has 0 aromatic heterocycles. The van der Waals surface area contributed by atoms with Crippen molar-refractivity contribution in [2.24, 2.45) is 0 Å². The number of methoxy groups -OCH3 is 2. The summed E-state index contributed by atoms with van der Waals surface area (Å²) < 4.78 is 10.8. The van der Waals surface area contributed by atoms with Crippen molar-refractivity contribution in [3.63, 3.8) is 0 Å². The van der Waals surface area contributed by atoms with Crippen LogP contribution in [0.5, 0.6) is 11.5 Å². The monoisotopic (exact) mass is 401 g/mol. The number of halogens is 1. The first-order valence-electron chi connectivity index (χ1n) is 8.50. The number of hydrogen-bond acceptors (Lipinski definition) is 4. The zero-order valence-corrected chi connectivity index (χ0v) is 16.4. The van der Waals surface area contributed by atoms with E-state index in [1.165, 1.54) is 14.2 Å². The lowest BCUT2D eigenvalue weighted by atomic mass is 9.93. The molecule has 0 aliphatic carbocycles. The number of carbonyl (C=O) groups excluding carboxylic acids is 2. The number of urea groups is 1.